The van der Waals surface area contributed by atoms with Gasteiger partial charge in [-0.1, -0.05) is 0 Å². The van der Waals surface area contributed by atoms with Crippen LogP contribution in [0.3, 0.4) is 0 Å². The zero-order valence-electron chi connectivity index (χ0n) is 27.5. The Bertz CT molecular complexity index is 1960. The van der Waals surface area contributed by atoms with Crippen molar-refractivity contribution in [1.82, 2.24) is 34.9 Å². The van der Waals surface area contributed by atoms with Gasteiger partial charge < -0.3 is 15.1 Å². The van der Waals surface area contributed by atoms with E-state index in [1.165, 1.54) is 5.69 Å². The maximum atomic E-state index is 13.1. The van der Waals surface area contributed by atoms with Gasteiger partial charge in [0.05, 0.1) is 46.3 Å². The smallest absolute Gasteiger partial charge is 0.262 e. The van der Waals surface area contributed by atoms with E-state index in [0.717, 1.165) is 91.3 Å². The van der Waals surface area contributed by atoms with Crippen molar-refractivity contribution in [1.29, 1.82) is 0 Å². The van der Waals surface area contributed by atoms with Crippen molar-refractivity contribution in [2.24, 2.45) is 5.92 Å². The first-order valence-electron chi connectivity index (χ1n) is 17.1. The minimum absolute atomic E-state index is 0.0976. The molecule has 3 fully saturated rings. The van der Waals surface area contributed by atoms with E-state index >= 15 is 0 Å². The second kappa shape index (κ2) is 12.7. The van der Waals surface area contributed by atoms with Gasteiger partial charge in [0.25, 0.3) is 11.8 Å². The lowest BCUT2D eigenvalue weighted by Crippen LogP contribution is -2.54. The number of hydrogen-bond acceptors (Lipinski definition) is 10. The number of carbonyl (C=O) groups excluding carboxylic acids is 4. The predicted octanol–water partition coefficient (Wildman–Crippen LogP) is 3.49. The zero-order chi connectivity index (χ0) is 33.6. The molecule has 4 aromatic rings. The van der Waals surface area contributed by atoms with Gasteiger partial charge in [-0.3, -0.25) is 39.1 Å². The Kier molecular flexibility index (Phi) is 8.06. The predicted molar refractivity (Wildman–Crippen MR) is 183 cm³/mol. The van der Waals surface area contributed by atoms with E-state index < -0.39 is 23.8 Å². The molecule has 2 aromatic heterocycles. The molecule has 252 valence electrons. The number of aromatic nitrogens is 4. The highest BCUT2D eigenvalue weighted by Gasteiger charge is 2.44. The average Bonchev–Trinajstić information content (AvgIpc) is 3.66. The molecule has 2 saturated heterocycles. The molecule has 0 spiro atoms. The highest BCUT2D eigenvalue weighted by molar-refractivity contribution is 6.23. The summed E-state index contributed by atoms with van der Waals surface area (Å²) >= 11 is 0. The number of benzene rings is 2. The second-order valence-electron chi connectivity index (χ2n) is 13.7. The molecule has 0 bridgehead atoms. The zero-order valence-corrected chi connectivity index (χ0v) is 27.5. The monoisotopic (exact) mass is 661 g/mol. The van der Waals surface area contributed by atoms with E-state index in [-0.39, 0.29) is 29.9 Å². The quantitative estimate of drug-likeness (QED) is 0.202. The Morgan fingerprint density at radius 3 is 2.55 bits per heavy atom. The first-order chi connectivity index (χ1) is 23.8. The van der Waals surface area contributed by atoms with Crippen LogP contribution in [0.1, 0.15) is 65.3 Å². The number of likely N-dealkylation sites (N-methyl/N-ethyl adjacent to an activating group) is 1. The molecule has 2 N–H and O–H groups in total. The van der Waals surface area contributed by atoms with Crippen LogP contribution in [0, 0.1) is 5.92 Å². The third kappa shape index (κ3) is 6.03. The van der Waals surface area contributed by atoms with Crippen LogP contribution in [-0.4, -0.2) is 99.0 Å². The van der Waals surface area contributed by atoms with Gasteiger partial charge in [0.2, 0.25) is 11.8 Å². The summed E-state index contributed by atoms with van der Waals surface area (Å²) in [5, 5.41) is 10.3. The van der Waals surface area contributed by atoms with Crippen LogP contribution in [0.25, 0.3) is 22.3 Å². The van der Waals surface area contributed by atoms with Crippen molar-refractivity contribution >= 4 is 46.0 Å². The van der Waals surface area contributed by atoms with Gasteiger partial charge in [0.1, 0.15) is 6.04 Å². The molecule has 4 aliphatic rings. The molecule has 8 rings (SSSR count). The lowest BCUT2D eigenvalue weighted by Gasteiger charge is -2.35. The van der Waals surface area contributed by atoms with Gasteiger partial charge in [-0.25, -0.2) is 4.98 Å². The molecule has 1 aliphatic carbocycles. The summed E-state index contributed by atoms with van der Waals surface area (Å²) in [7, 11) is 2.16. The molecule has 4 amide bonds. The number of anilines is 2. The number of nitrogens with zero attached hydrogens (tertiary/aromatic N) is 7. The number of hydrogen-bond donors (Lipinski definition) is 2. The standard InChI is InChI=1S/C36H39N9O4/c1-42-11-13-43(14-12-42)25-5-7-29-30(18-25)38-20-31(40-29)23-19-39-44(21-23)26-15-22(16-26)3-2-10-37-24-4-6-27-28(17-24)36(49)45(35(27)48)32-8-9-33(46)41-34(32)47/h4-7,17-22,26,32,37H,2-3,8-16H2,1H3,(H,41,46,47). The average molecular weight is 662 g/mol. The third-order valence-electron chi connectivity index (χ3n) is 10.4. The highest BCUT2D eigenvalue weighted by Crippen LogP contribution is 2.40. The van der Waals surface area contributed by atoms with Crippen molar-refractivity contribution in [3.05, 3.63) is 66.1 Å². The summed E-state index contributed by atoms with van der Waals surface area (Å²) in [6.07, 6.45) is 10.2. The minimum Gasteiger partial charge on any atom is -0.385 e. The van der Waals surface area contributed by atoms with Crippen LogP contribution in [0.4, 0.5) is 11.4 Å². The summed E-state index contributed by atoms with van der Waals surface area (Å²) in [5.41, 5.74) is 6.11. The van der Waals surface area contributed by atoms with Crippen LogP contribution in [0.2, 0.25) is 0 Å². The normalized spacial score (nSPS) is 22.8. The van der Waals surface area contributed by atoms with Crippen LogP contribution < -0.4 is 15.5 Å². The van der Waals surface area contributed by atoms with Crippen molar-refractivity contribution in [3.8, 4) is 11.3 Å². The second-order valence-corrected chi connectivity index (χ2v) is 13.7. The Balaban J connectivity index is 0.807. The van der Waals surface area contributed by atoms with E-state index in [9.17, 15) is 19.2 Å². The molecule has 0 radical (unpaired) electrons. The van der Waals surface area contributed by atoms with Gasteiger partial charge in [0, 0.05) is 62.3 Å². The van der Waals surface area contributed by atoms with Gasteiger partial charge in [-0.2, -0.15) is 5.10 Å². The van der Waals surface area contributed by atoms with Gasteiger partial charge in [-0.15, -0.1) is 0 Å². The van der Waals surface area contributed by atoms with Crippen molar-refractivity contribution in [2.75, 3.05) is 50.0 Å². The van der Waals surface area contributed by atoms with Crippen LogP contribution >= 0.6 is 0 Å². The molecular formula is C36H39N9O4. The van der Waals surface area contributed by atoms with Crippen molar-refractivity contribution in [2.45, 2.75) is 50.6 Å². The molecule has 3 aliphatic heterocycles. The molecular weight excluding hydrogens is 622 g/mol. The number of carbonyl (C=O) groups is 4. The summed E-state index contributed by atoms with van der Waals surface area (Å²) < 4.78 is 2.06. The van der Waals surface area contributed by atoms with E-state index in [4.69, 9.17) is 9.97 Å². The van der Waals surface area contributed by atoms with E-state index in [1.807, 2.05) is 12.4 Å². The lowest BCUT2D eigenvalue weighted by molar-refractivity contribution is -0.136. The molecule has 1 atom stereocenters. The Hall–Kier alpha value is -5.17. The van der Waals surface area contributed by atoms with E-state index in [1.54, 1.807) is 18.2 Å². The Morgan fingerprint density at radius 2 is 1.73 bits per heavy atom. The first kappa shape index (κ1) is 31.1. The van der Waals surface area contributed by atoms with Gasteiger partial charge >= 0.3 is 0 Å². The molecule has 1 saturated carbocycles. The van der Waals surface area contributed by atoms with E-state index in [2.05, 4.69) is 61.7 Å². The summed E-state index contributed by atoms with van der Waals surface area (Å²) in [6.45, 7) is 4.90. The topological polar surface area (TPSA) is 146 Å². The molecule has 49 heavy (non-hydrogen) atoms. The minimum atomic E-state index is -0.963. The van der Waals surface area contributed by atoms with Crippen molar-refractivity contribution < 1.29 is 19.2 Å². The van der Waals surface area contributed by atoms with Crippen molar-refractivity contribution in [3.63, 3.8) is 0 Å². The fraction of sp³-hybridized carbons (Fsp3) is 0.417. The van der Waals surface area contributed by atoms with E-state index in [0.29, 0.717) is 12.0 Å². The largest absolute Gasteiger partial charge is 0.385 e. The Labute approximate surface area is 283 Å². The molecule has 2 aromatic carbocycles. The maximum Gasteiger partial charge on any atom is 0.262 e. The van der Waals surface area contributed by atoms with Gasteiger partial charge in [-0.05, 0) is 81.5 Å². The fourth-order valence-electron chi connectivity index (χ4n) is 7.43. The summed E-state index contributed by atoms with van der Waals surface area (Å²) in [5.74, 6) is -1.37. The molecule has 13 nitrogen and oxygen atoms in total. The number of piperazine rings is 1. The lowest BCUT2D eigenvalue weighted by atomic mass is 9.77. The molecule has 1 unspecified atom stereocenters. The Morgan fingerprint density at radius 1 is 0.918 bits per heavy atom. The first-order valence-corrected chi connectivity index (χ1v) is 17.1. The molecule has 13 heteroatoms. The maximum absolute atomic E-state index is 13.1. The summed E-state index contributed by atoms with van der Waals surface area (Å²) in [4.78, 5) is 65.3. The summed E-state index contributed by atoms with van der Waals surface area (Å²) in [6, 6.07) is 10.9. The molecule has 5 heterocycles. The highest BCUT2D eigenvalue weighted by atomic mass is 16.2. The van der Waals surface area contributed by atoms with Crippen LogP contribution in [-0.2, 0) is 9.59 Å². The number of rotatable bonds is 9. The van der Waals surface area contributed by atoms with Gasteiger partial charge in [0.15, 0.2) is 0 Å². The fourth-order valence-corrected chi connectivity index (χ4v) is 7.43. The number of amides is 4. The van der Waals surface area contributed by atoms with Crippen LogP contribution in [0.5, 0.6) is 0 Å². The SMILES string of the molecule is CN1CCN(c2ccc3nc(-c4cnn(C5CC(CCCNc6ccc7c(c6)C(=O)N(C6CCC(=O)NC6=O)C7=O)C5)c4)cnc3c2)CC1. The van der Waals surface area contributed by atoms with Crippen LogP contribution in [0.15, 0.2) is 55.0 Å². The third-order valence-corrected chi connectivity index (χ3v) is 10.4. The number of fused-ring (bicyclic) bond motifs is 2. The number of imide groups is 2. The number of piperidine rings is 1. The number of nitrogens with one attached hydrogen (secondary N) is 2.